The van der Waals surface area contributed by atoms with Gasteiger partial charge in [-0.1, -0.05) is 0 Å². The third-order valence-corrected chi connectivity index (χ3v) is 4.99. The van der Waals surface area contributed by atoms with E-state index in [4.69, 9.17) is 0 Å². The van der Waals surface area contributed by atoms with Gasteiger partial charge in [-0.2, -0.15) is 0 Å². The summed E-state index contributed by atoms with van der Waals surface area (Å²) in [6.45, 7) is 2.47. The second-order valence-electron chi connectivity index (χ2n) is 4.08. The van der Waals surface area contributed by atoms with Crippen molar-refractivity contribution in [2.24, 2.45) is 0 Å². The predicted octanol–water partition coefficient (Wildman–Crippen LogP) is 1.97. The first-order chi connectivity index (χ1) is 9.03. The van der Waals surface area contributed by atoms with E-state index in [-0.39, 0.29) is 0 Å². The highest BCUT2D eigenvalue weighted by Gasteiger charge is 2.17. The van der Waals surface area contributed by atoms with Crippen LogP contribution < -0.4 is 10.0 Å². The van der Waals surface area contributed by atoms with E-state index in [0.29, 0.717) is 17.1 Å². The lowest BCUT2D eigenvalue weighted by Crippen LogP contribution is -2.13. The zero-order chi connectivity index (χ0) is 13.9. The third kappa shape index (κ3) is 3.31. The zero-order valence-electron chi connectivity index (χ0n) is 10.7. The number of aromatic nitrogens is 1. The van der Waals surface area contributed by atoms with Crippen LogP contribution in [0.1, 0.15) is 10.4 Å². The van der Waals surface area contributed by atoms with E-state index in [2.05, 4.69) is 15.0 Å². The molecule has 0 spiro atoms. The number of nitrogens with one attached hydrogen (secondary N) is 2. The van der Waals surface area contributed by atoms with Crippen LogP contribution in [-0.2, 0) is 16.6 Å². The first-order valence-corrected chi connectivity index (χ1v) is 8.04. The molecule has 0 aliphatic rings. The van der Waals surface area contributed by atoms with Crippen molar-refractivity contribution < 1.29 is 8.42 Å². The molecule has 0 saturated carbocycles. The fourth-order valence-corrected chi connectivity index (χ4v) is 3.98. The molecular formula is C12H15N3O2S2. The molecule has 5 nitrogen and oxygen atoms in total. The minimum atomic E-state index is -3.53. The Morgan fingerprint density at radius 2 is 2.21 bits per heavy atom. The quantitative estimate of drug-likeness (QED) is 0.885. The number of nitrogens with zero attached hydrogens (tertiary/aromatic N) is 1. The highest BCUT2D eigenvalue weighted by atomic mass is 32.2. The Kier molecular flexibility index (Phi) is 4.18. The average Bonchev–Trinajstić information content (AvgIpc) is 2.82. The van der Waals surface area contributed by atoms with Crippen molar-refractivity contribution in [1.29, 1.82) is 0 Å². The number of aryl methyl sites for hydroxylation is 1. The van der Waals surface area contributed by atoms with E-state index in [1.165, 1.54) is 11.3 Å². The molecule has 0 unspecified atom stereocenters. The van der Waals surface area contributed by atoms with Crippen LogP contribution in [0.4, 0.5) is 5.69 Å². The van der Waals surface area contributed by atoms with Gasteiger partial charge >= 0.3 is 0 Å². The Morgan fingerprint density at radius 3 is 2.89 bits per heavy atom. The van der Waals surface area contributed by atoms with Gasteiger partial charge < -0.3 is 5.32 Å². The minimum Gasteiger partial charge on any atom is -0.315 e. The first kappa shape index (κ1) is 14.0. The lowest BCUT2D eigenvalue weighted by atomic mass is 10.3. The fourth-order valence-electron chi connectivity index (χ4n) is 1.56. The molecule has 2 heterocycles. The zero-order valence-corrected chi connectivity index (χ0v) is 12.3. The molecule has 0 amide bonds. The summed E-state index contributed by atoms with van der Waals surface area (Å²) in [6, 6.07) is 3.33. The Bertz CT molecular complexity index is 665. The van der Waals surface area contributed by atoms with Gasteiger partial charge in [-0.05, 0) is 31.7 Å². The number of thiophene rings is 1. The van der Waals surface area contributed by atoms with Gasteiger partial charge in [0.2, 0.25) is 0 Å². The van der Waals surface area contributed by atoms with Crippen molar-refractivity contribution in [1.82, 2.24) is 10.3 Å². The van der Waals surface area contributed by atoms with Gasteiger partial charge in [0, 0.05) is 29.2 Å². The molecule has 2 aromatic heterocycles. The Morgan fingerprint density at radius 1 is 1.42 bits per heavy atom. The van der Waals surface area contributed by atoms with Crippen LogP contribution in [0.3, 0.4) is 0 Å². The predicted molar refractivity (Wildman–Crippen MR) is 76.9 cm³/mol. The van der Waals surface area contributed by atoms with Crippen LogP contribution >= 0.6 is 11.3 Å². The molecule has 0 saturated heterocycles. The molecule has 2 N–H and O–H groups in total. The van der Waals surface area contributed by atoms with Crippen molar-refractivity contribution in [3.8, 4) is 0 Å². The molecule has 0 aliphatic heterocycles. The second-order valence-corrected chi connectivity index (χ2v) is 6.75. The highest BCUT2D eigenvalue weighted by Crippen LogP contribution is 2.23. The smallest absolute Gasteiger partial charge is 0.262 e. The van der Waals surface area contributed by atoms with Crippen LogP contribution in [0, 0.1) is 6.92 Å². The van der Waals surface area contributed by atoms with Crippen LogP contribution in [0.2, 0.25) is 0 Å². The first-order valence-electron chi connectivity index (χ1n) is 5.68. The van der Waals surface area contributed by atoms with Crippen molar-refractivity contribution >= 4 is 27.0 Å². The molecular weight excluding hydrogens is 282 g/mol. The number of anilines is 1. The highest BCUT2D eigenvalue weighted by molar-refractivity contribution is 7.92. The number of hydrogen-bond acceptors (Lipinski definition) is 5. The Hall–Kier alpha value is -1.44. The van der Waals surface area contributed by atoms with Gasteiger partial charge in [-0.15, -0.1) is 11.3 Å². The van der Waals surface area contributed by atoms with Crippen molar-refractivity contribution in [3.05, 3.63) is 40.3 Å². The molecule has 0 atom stereocenters. The average molecular weight is 297 g/mol. The summed E-state index contributed by atoms with van der Waals surface area (Å²) < 4.78 is 27.0. The molecule has 102 valence electrons. The SMILES string of the molecule is CNCc1cc(S(=O)(=O)Nc2ccncc2C)cs1. The van der Waals surface area contributed by atoms with Crippen molar-refractivity contribution in [2.75, 3.05) is 11.8 Å². The lowest BCUT2D eigenvalue weighted by molar-refractivity contribution is 0.601. The van der Waals surface area contributed by atoms with E-state index in [1.54, 1.807) is 29.9 Å². The van der Waals surface area contributed by atoms with Crippen LogP contribution in [-0.4, -0.2) is 20.4 Å². The fraction of sp³-hybridized carbons (Fsp3) is 0.250. The molecule has 2 rings (SSSR count). The minimum absolute atomic E-state index is 0.291. The standard InChI is InChI=1S/C12H15N3O2S2/c1-9-6-14-4-3-12(9)15-19(16,17)11-5-10(7-13-2)18-8-11/h3-6,8,13H,7H2,1-2H3,(H,14,15). The number of pyridine rings is 1. The van der Waals surface area contributed by atoms with Gasteiger partial charge in [0.25, 0.3) is 10.0 Å². The van der Waals surface area contributed by atoms with Gasteiger partial charge in [0.1, 0.15) is 0 Å². The summed E-state index contributed by atoms with van der Waals surface area (Å²) in [6.07, 6.45) is 3.18. The summed E-state index contributed by atoms with van der Waals surface area (Å²) in [5.74, 6) is 0. The van der Waals surface area contributed by atoms with Crippen LogP contribution in [0.15, 0.2) is 34.8 Å². The van der Waals surface area contributed by atoms with Crippen molar-refractivity contribution in [3.63, 3.8) is 0 Å². The topological polar surface area (TPSA) is 71.1 Å². The van der Waals surface area contributed by atoms with E-state index in [1.807, 2.05) is 14.0 Å². The van der Waals surface area contributed by atoms with E-state index < -0.39 is 10.0 Å². The molecule has 0 radical (unpaired) electrons. The molecule has 7 heteroatoms. The summed E-state index contributed by atoms with van der Waals surface area (Å²) >= 11 is 1.42. The monoisotopic (exact) mass is 297 g/mol. The number of rotatable bonds is 5. The molecule has 19 heavy (non-hydrogen) atoms. The van der Waals surface area contributed by atoms with Crippen LogP contribution in [0.5, 0.6) is 0 Å². The molecule has 0 aromatic carbocycles. The molecule has 0 aliphatic carbocycles. The summed E-state index contributed by atoms with van der Waals surface area (Å²) in [7, 11) is -1.70. The normalized spacial score (nSPS) is 11.5. The van der Waals surface area contributed by atoms with Gasteiger partial charge in [-0.3, -0.25) is 9.71 Å². The second kappa shape index (κ2) is 5.68. The Labute approximate surface area is 116 Å². The maximum absolute atomic E-state index is 12.2. The lowest BCUT2D eigenvalue weighted by Gasteiger charge is -2.08. The van der Waals surface area contributed by atoms with Crippen molar-refractivity contribution in [2.45, 2.75) is 18.4 Å². The summed E-state index contributed by atoms with van der Waals surface area (Å²) in [4.78, 5) is 5.21. The molecule has 0 fully saturated rings. The van der Waals surface area contributed by atoms with E-state index in [9.17, 15) is 8.42 Å². The summed E-state index contributed by atoms with van der Waals surface area (Å²) in [5.41, 5.74) is 1.34. The summed E-state index contributed by atoms with van der Waals surface area (Å²) in [5, 5.41) is 4.64. The maximum Gasteiger partial charge on any atom is 0.262 e. The van der Waals surface area contributed by atoms with Gasteiger partial charge in [0.15, 0.2) is 0 Å². The third-order valence-electron chi connectivity index (χ3n) is 2.56. The number of sulfonamides is 1. The largest absolute Gasteiger partial charge is 0.315 e. The van der Waals surface area contributed by atoms with Gasteiger partial charge in [-0.25, -0.2) is 8.42 Å². The van der Waals surface area contributed by atoms with E-state index in [0.717, 1.165) is 10.4 Å². The molecule has 2 aromatic rings. The maximum atomic E-state index is 12.2. The number of hydrogen-bond donors (Lipinski definition) is 2. The van der Waals surface area contributed by atoms with E-state index >= 15 is 0 Å². The van der Waals surface area contributed by atoms with Gasteiger partial charge in [0.05, 0.1) is 10.6 Å². The Balaban J connectivity index is 2.25. The van der Waals surface area contributed by atoms with Crippen LogP contribution in [0.25, 0.3) is 0 Å². The molecule has 0 bridgehead atoms.